The summed E-state index contributed by atoms with van der Waals surface area (Å²) in [6.07, 6.45) is 2.33. The molecule has 0 aromatic carbocycles. The lowest BCUT2D eigenvalue weighted by Crippen LogP contribution is -2.61. The molecule has 4 nitrogen and oxygen atoms in total. The van der Waals surface area contributed by atoms with Gasteiger partial charge in [0, 0.05) is 0 Å². The molecule has 1 saturated heterocycles. The Morgan fingerprint density at radius 2 is 1.83 bits per heavy atom. The number of hydrogen-bond acceptors (Lipinski definition) is 3. The molecule has 1 aliphatic rings. The molecular weight excluding hydrogens is 232 g/mol. The van der Waals surface area contributed by atoms with Crippen LogP contribution in [0.15, 0.2) is 0 Å². The van der Waals surface area contributed by atoms with E-state index in [1.165, 1.54) is 0 Å². The lowest BCUT2D eigenvalue weighted by molar-refractivity contribution is -0.265. The topological polar surface area (TPSA) is 66.8 Å². The number of carboxylic acid groups (broad SMARTS) is 1. The smallest absolute Gasteiger partial charge is 0.309 e. The average molecular weight is 258 g/mol. The molecule has 0 aromatic rings. The minimum absolute atomic E-state index is 0.511. The first-order chi connectivity index (χ1) is 8.12. The van der Waals surface area contributed by atoms with Crippen LogP contribution in [0.25, 0.3) is 0 Å². The molecule has 1 fully saturated rings. The molecule has 0 bridgehead atoms. The Balaban J connectivity index is 3.01. The maximum Gasteiger partial charge on any atom is 0.309 e. The highest BCUT2D eigenvalue weighted by Gasteiger charge is 2.54. The van der Waals surface area contributed by atoms with E-state index in [-0.39, 0.29) is 0 Å². The van der Waals surface area contributed by atoms with Crippen LogP contribution < -0.4 is 0 Å². The standard InChI is InChI=1S/C14H26O4/c1-6-14(17,7-2)13(5)9-8-10(11(15)16)12(3,4)18-13/h10,17H,6-9H2,1-5H3,(H,15,16)/t10-,13+/m0/s1. The molecule has 0 aromatic heterocycles. The second-order valence-corrected chi connectivity index (χ2v) is 6.10. The van der Waals surface area contributed by atoms with Crippen molar-refractivity contribution in [3.05, 3.63) is 0 Å². The summed E-state index contributed by atoms with van der Waals surface area (Å²) >= 11 is 0. The molecule has 0 unspecified atom stereocenters. The van der Waals surface area contributed by atoms with E-state index in [0.29, 0.717) is 25.7 Å². The van der Waals surface area contributed by atoms with E-state index in [0.717, 1.165) is 0 Å². The van der Waals surface area contributed by atoms with Crippen molar-refractivity contribution in [1.82, 2.24) is 0 Å². The summed E-state index contributed by atoms with van der Waals surface area (Å²) in [5, 5.41) is 19.9. The predicted molar refractivity (Wildman–Crippen MR) is 69.5 cm³/mol. The number of hydrogen-bond donors (Lipinski definition) is 2. The summed E-state index contributed by atoms with van der Waals surface area (Å²) in [4.78, 5) is 11.2. The summed E-state index contributed by atoms with van der Waals surface area (Å²) in [7, 11) is 0. The lowest BCUT2D eigenvalue weighted by atomic mass is 9.70. The van der Waals surface area contributed by atoms with Gasteiger partial charge in [-0.3, -0.25) is 4.79 Å². The molecule has 0 saturated carbocycles. The van der Waals surface area contributed by atoms with Crippen LogP contribution in [0.5, 0.6) is 0 Å². The number of ether oxygens (including phenoxy) is 1. The molecule has 1 aliphatic heterocycles. The van der Waals surface area contributed by atoms with Gasteiger partial charge in [0.1, 0.15) is 0 Å². The molecule has 106 valence electrons. The molecule has 18 heavy (non-hydrogen) atoms. The van der Waals surface area contributed by atoms with E-state index in [1.807, 2.05) is 20.8 Å². The van der Waals surface area contributed by atoms with Crippen molar-refractivity contribution < 1.29 is 19.7 Å². The van der Waals surface area contributed by atoms with Gasteiger partial charge in [-0.1, -0.05) is 13.8 Å². The molecule has 2 N–H and O–H groups in total. The highest BCUT2D eigenvalue weighted by molar-refractivity contribution is 5.71. The Bertz CT molecular complexity index is 320. The second-order valence-electron chi connectivity index (χ2n) is 6.10. The van der Waals surface area contributed by atoms with Crippen molar-refractivity contribution in [2.75, 3.05) is 0 Å². The fourth-order valence-electron chi connectivity index (χ4n) is 3.22. The largest absolute Gasteiger partial charge is 0.481 e. The fourth-order valence-corrected chi connectivity index (χ4v) is 3.22. The normalized spacial score (nSPS) is 32.2. The quantitative estimate of drug-likeness (QED) is 0.813. The highest BCUT2D eigenvalue weighted by Crippen LogP contribution is 2.46. The SMILES string of the molecule is CCC(O)(CC)[C@@]1(C)CC[C@@H](C(=O)O)C(C)(C)O1. The van der Waals surface area contributed by atoms with Crippen LogP contribution >= 0.6 is 0 Å². The summed E-state index contributed by atoms with van der Waals surface area (Å²) < 4.78 is 6.05. The van der Waals surface area contributed by atoms with Gasteiger partial charge < -0.3 is 14.9 Å². The van der Waals surface area contributed by atoms with Gasteiger partial charge in [0.2, 0.25) is 0 Å². The van der Waals surface area contributed by atoms with E-state index in [4.69, 9.17) is 4.74 Å². The van der Waals surface area contributed by atoms with Crippen molar-refractivity contribution in [2.45, 2.75) is 77.1 Å². The first-order valence-electron chi connectivity index (χ1n) is 6.77. The van der Waals surface area contributed by atoms with E-state index in [2.05, 4.69) is 0 Å². The Morgan fingerprint density at radius 1 is 1.33 bits per heavy atom. The van der Waals surface area contributed by atoms with Gasteiger partial charge in [-0.15, -0.1) is 0 Å². The van der Waals surface area contributed by atoms with Gasteiger partial charge >= 0.3 is 5.97 Å². The zero-order chi connectivity index (χ0) is 14.2. The first-order valence-corrected chi connectivity index (χ1v) is 6.77. The molecule has 1 rings (SSSR count). The maximum absolute atomic E-state index is 11.2. The van der Waals surface area contributed by atoms with Crippen molar-refractivity contribution >= 4 is 5.97 Å². The molecule has 1 heterocycles. The van der Waals surface area contributed by atoms with Crippen LogP contribution in [0, 0.1) is 5.92 Å². The minimum Gasteiger partial charge on any atom is -0.481 e. The Labute approximate surface area is 109 Å². The fraction of sp³-hybridized carbons (Fsp3) is 0.929. The van der Waals surface area contributed by atoms with Crippen LogP contribution in [0.1, 0.15) is 60.3 Å². The van der Waals surface area contributed by atoms with Gasteiger partial charge in [-0.25, -0.2) is 0 Å². The summed E-state index contributed by atoms with van der Waals surface area (Å²) in [6, 6.07) is 0. The number of carboxylic acids is 1. The second kappa shape index (κ2) is 4.82. The summed E-state index contributed by atoms with van der Waals surface area (Å²) in [5.74, 6) is -1.33. The average Bonchev–Trinajstić information content (AvgIpc) is 2.25. The Kier molecular flexibility index (Phi) is 4.13. The number of aliphatic carboxylic acids is 1. The molecule has 0 aliphatic carbocycles. The van der Waals surface area contributed by atoms with Crippen molar-refractivity contribution in [1.29, 1.82) is 0 Å². The minimum atomic E-state index is -0.895. The Morgan fingerprint density at radius 3 is 2.17 bits per heavy atom. The van der Waals surface area contributed by atoms with Crippen molar-refractivity contribution in [3.63, 3.8) is 0 Å². The van der Waals surface area contributed by atoms with Crippen molar-refractivity contribution in [2.24, 2.45) is 5.92 Å². The monoisotopic (exact) mass is 258 g/mol. The lowest BCUT2D eigenvalue weighted by Gasteiger charge is -2.53. The summed E-state index contributed by atoms with van der Waals surface area (Å²) in [5.41, 5.74) is -2.32. The van der Waals surface area contributed by atoms with Gasteiger partial charge in [0.15, 0.2) is 0 Å². The first kappa shape index (κ1) is 15.4. The van der Waals surface area contributed by atoms with E-state index in [9.17, 15) is 15.0 Å². The predicted octanol–water partition coefficient (Wildman–Crippen LogP) is 2.59. The highest BCUT2D eigenvalue weighted by atomic mass is 16.5. The van der Waals surface area contributed by atoms with Crippen molar-refractivity contribution in [3.8, 4) is 0 Å². The van der Waals surface area contributed by atoms with Crippen LogP contribution in [0.2, 0.25) is 0 Å². The molecule has 0 amide bonds. The summed E-state index contributed by atoms with van der Waals surface area (Å²) in [6.45, 7) is 9.38. The van der Waals surface area contributed by atoms with E-state index < -0.39 is 28.7 Å². The van der Waals surface area contributed by atoms with E-state index in [1.54, 1.807) is 13.8 Å². The van der Waals surface area contributed by atoms with Crippen LogP contribution in [-0.4, -0.2) is 33.0 Å². The molecule has 0 radical (unpaired) electrons. The number of carbonyl (C=O) groups is 1. The number of aliphatic hydroxyl groups is 1. The third-order valence-electron chi connectivity index (χ3n) is 4.69. The molecule has 4 heteroatoms. The maximum atomic E-state index is 11.2. The third-order valence-corrected chi connectivity index (χ3v) is 4.69. The molecule has 2 atom stereocenters. The van der Waals surface area contributed by atoms with Gasteiger partial charge in [0.05, 0.1) is 22.7 Å². The molecular formula is C14H26O4. The van der Waals surface area contributed by atoms with E-state index >= 15 is 0 Å². The van der Waals surface area contributed by atoms with Gasteiger partial charge in [-0.2, -0.15) is 0 Å². The van der Waals surface area contributed by atoms with Gasteiger partial charge in [0.25, 0.3) is 0 Å². The van der Waals surface area contributed by atoms with Crippen LogP contribution in [-0.2, 0) is 9.53 Å². The zero-order valence-corrected chi connectivity index (χ0v) is 12.1. The van der Waals surface area contributed by atoms with Gasteiger partial charge in [-0.05, 0) is 46.5 Å². The third kappa shape index (κ3) is 2.41. The van der Waals surface area contributed by atoms with Crippen LogP contribution in [0.4, 0.5) is 0 Å². The molecule has 0 spiro atoms. The number of rotatable bonds is 4. The zero-order valence-electron chi connectivity index (χ0n) is 12.1. The Hall–Kier alpha value is -0.610. The van der Waals surface area contributed by atoms with Crippen LogP contribution in [0.3, 0.4) is 0 Å².